The molecule has 0 saturated carbocycles. The third-order valence-electron chi connectivity index (χ3n) is 1.50. The van der Waals surface area contributed by atoms with E-state index in [9.17, 15) is 26.3 Å². The summed E-state index contributed by atoms with van der Waals surface area (Å²) in [6.45, 7) is -0.311. The first-order valence-electron chi connectivity index (χ1n) is 4.42. The van der Waals surface area contributed by atoms with Crippen molar-refractivity contribution in [3.8, 4) is 0 Å². The summed E-state index contributed by atoms with van der Waals surface area (Å²) < 4.78 is 74.1. The molecule has 0 aromatic heterocycles. The Labute approximate surface area is 83.4 Å². The Balaban J connectivity index is 3.20. The van der Waals surface area contributed by atoms with E-state index in [1.807, 2.05) is 0 Å². The van der Waals surface area contributed by atoms with E-state index < -0.39 is 25.2 Å². The van der Waals surface area contributed by atoms with Crippen molar-refractivity contribution < 1.29 is 31.1 Å². The maximum Gasteiger partial charge on any atom is 0.389 e. The van der Waals surface area contributed by atoms with Gasteiger partial charge in [0.25, 0.3) is 0 Å². The van der Waals surface area contributed by atoms with Crippen molar-refractivity contribution in [2.75, 3.05) is 13.2 Å². The molecule has 0 spiro atoms. The minimum atomic E-state index is -4.23. The third kappa shape index (κ3) is 13.5. The molecule has 0 aromatic rings. The van der Waals surface area contributed by atoms with Crippen LogP contribution in [0.2, 0.25) is 0 Å². The van der Waals surface area contributed by atoms with Crippen molar-refractivity contribution in [1.29, 1.82) is 0 Å². The van der Waals surface area contributed by atoms with Crippen LogP contribution < -0.4 is 0 Å². The molecule has 0 N–H and O–H groups in total. The highest BCUT2D eigenvalue weighted by Gasteiger charge is 2.27. The molecule has 0 saturated heterocycles. The van der Waals surface area contributed by atoms with Crippen LogP contribution in [-0.2, 0) is 4.74 Å². The average molecular weight is 238 g/mol. The second-order valence-electron chi connectivity index (χ2n) is 3.05. The minimum absolute atomic E-state index is 0.155. The molecule has 1 nitrogen and oxygen atoms in total. The molecule has 0 aliphatic carbocycles. The van der Waals surface area contributed by atoms with E-state index in [0.29, 0.717) is 0 Å². The van der Waals surface area contributed by atoms with Crippen LogP contribution in [0.1, 0.15) is 25.7 Å². The van der Waals surface area contributed by atoms with Gasteiger partial charge in [-0.3, -0.25) is 0 Å². The van der Waals surface area contributed by atoms with Crippen LogP contribution in [-0.4, -0.2) is 25.6 Å². The first-order valence-corrected chi connectivity index (χ1v) is 4.42. The van der Waals surface area contributed by atoms with Gasteiger partial charge in [-0.1, -0.05) is 0 Å². The summed E-state index contributed by atoms with van der Waals surface area (Å²) in [5.41, 5.74) is 0. The lowest BCUT2D eigenvalue weighted by molar-refractivity contribution is -0.140. The molecule has 0 aromatic carbocycles. The van der Waals surface area contributed by atoms with Gasteiger partial charge in [-0.25, -0.2) is 0 Å². The first-order chi connectivity index (χ1) is 6.71. The van der Waals surface area contributed by atoms with Crippen LogP contribution in [0.25, 0.3) is 0 Å². The summed E-state index contributed by atoms with van der Waals surface area (Å²) in [4.78, 5) is 0. The summed E-state index contributed by atoms with van der Waals surface area (Å²) in [5, 5.41) is 0. The number of hydrogen-bond acceptors (Lipinski definition) is 1. The summed E-state index contributed by atoms with van der Waals surface area (Å²) >= 11 is 0. The molecule has 0 heterocycles. The van der Waals surface area contributed by atoms with Crippen molar-refractivity contribution in [2.45, 2.75) is 38.0 Å². The highest BCUT2D eigenvalue weighted by Crippen LogP contribution is 2.22. The largest absolute Gasteiger partial charge is 0.389 e. The molecule has 0 aliphatic heterocycles. The van der Waals surface area contributed by atoms with Gasteiger partial charge in [-0.05, 0) is 12.8 Å². The van der Waals surface area contributed by atoms with Gasteiger partial charge in [-0.2, -0.15) is 26.3 Å². The maximum atomic E-state index is 11.6. The van der Waals surface area contributed by atoms with Crippen LogP contribution in [0.5, 0.6) is 0 Å². The van der Waals surface area contributed by atoms with Crippen LogP contribution >= 0.6 is 0 Å². The van der Waals surface area contributed by atoms with Crippen molar-refractivity contribution in [2.24, 2.45) is 0 Å². The van der Waals surface area contributed by atoms with Crippen molar-refractivity contribution >= 4 is 0 Å². The van der Waals surface area contributed by atoms with Gasteiger partial charge in [-0.15, -0.1) is 0 Å². The normalized spacial score (nSPS) is 13.2. The Kier molecular flexibility index (Phi) is 6.00. The lowest BCUT2D eigenvalue weighted by Crippen LogP contribution is -2.11. The van der Waals surface area contributed by atoms with E-state index in [0.717, 1.165) is 0 Å². The van der Waals surface area contributed by atoms with Gasteiger partial charge < -0.3 is 4.74 Å². The quantitative estimate of drug-likeness (QED) is 0.506. The van der Waals surface area contributed by atoms with Crippen molar-refractivity contribution in [1.82, 2.24) is 0 Å². The molecular weight excluding hydrogens is 226 g/mol. The van der Waals surface area contributed by atoms with Gasteiger partial charge in [0, 0.05) is 26.1 Å². The second kappa shape index (κ2) is 6.19. The first kappa shape index (κ1) is 14.5. The summed E-state index contributed by atoms with van der Waals surface area (Å²) in [7, 11) is 0. The predicted molar refractivity (Wildman–Crippen MR) is 41.4 cm³/mol. The molecule has 0 unspecified atom stereocenters. The minimum Gasteiger partial charge on any atom is -0.381 e. The molecule has 0 radical (unpaired) electrons. The Bertz CT molecular complexity index is 143. The van der Waals surface area contributed by atoms with Gasteiger partial charge in [0.15, 0.2) is 0 Å². The third-order valence-corrected chi connectivity index (χ3v) is 1.50. The van der Waals surface area contributed by atoms with E-state index >= 15 is 0 Å². The molecule has 7 heteroatoms. The summed E-state index contributed by atoms with van der Waals surface area (Å²) in [6, 6.07) is 0. The van der Waals surface area contributed by atoms with E-state index in [2.05, 4.69) is 4.74 Å². The van der Waals surface area contributed by atoms with Gasteiger partial charge in [0.1, 0.15) is 0 Å². The fourth-order valence-electron chi connectivity index (χ4n) is 0.851. The smallest absolute Gasteiger partial charge is 0.381 e. The van der Waals surface area contributed by atoms with Crippen LogP contribution in [0, 0.1) is 0 Å². The average Bonchev–Trinajstić information content (AvgIpc) is 1.98. The van der Waals surface area contributed by atoms with Gasteiger partial charge in [0.2, 0.25) is 0 Å². The SMILES string of the molecule is FC(F)(F)CCCOCCCC(F)(F)F. The maximum absolute atomic E-state index is 11.6. The van der Waals surface area contributed by atoms with Crippen molar-refractivity contribution in [3.05, 3.63) is 0 Å². The number of hydrogen-bond donors (Lipinski definition) is 0. The van der Waals surface area contributed by atoms with Crippen molar-refractivity contribution in [3.63, 3.8) is 0 Å². The lowest BCUT2D eigenvalue weighted by Gasteiger charge is -2.08. The molecule has 0 rings (SSSR count). The topological polar surface area (TPSA) is 9.23 Å². The molecule has 0 fully saturated rings. The highest BCUT2D eigenvalue weighted by atomic mass is 19.4. The molecule has 92 valence electrons. The molecule has 0 aliphatic rings. The number of alkyl halides is 6. The zero-order valence-corrected chi connectivity index (χ0v) is 7.92. The zero-order valence-electron chi connectivity index (χ0n) is 7.92. The molecular formula is C8H12F6O. The highest BCUT2D eigenvalue weighted by molar-refractivity contribution is 4.51. The Morgan fingerprint density at radius 2 is 1.00 bits per heavy atom. The molecule has 15 heavy (non-hydrogen) atoms. The Morgan fingerprint density at radius 1 is 0.667 bits per heavy atom. The van der Waals surface area contributed by atoms with E-state index in [1.54, 1.807) is 0 Å². The van der Waals surface area contributed by atoms with Crippen LogP contribution in [0.15, 0.2) is 0 Å². The monoisotopic (exact) mass is 238 g/mol. The number of halogens is 6. The Hall–Kier alpha value is -0.460. The van der Waals surface area contributed by atoms with E-state index in [4.69, 9.17) is 0 Å². The fraction of sp³-hybridized carbons (Fsp3) is 1.00. The predicted octanol–water partition coefficient (Wildman–Crippen LogP) is 3.69. The fourth-order valence-corrected chi connectivity index (χ4v) is 0.851. The molecule has 0 bridgehead atoms. The Morgan fingerprint density at radius 3 is 1.27 bits per heavy atom. The number of rotatable bonds is 6. The lowest BCUT2D eigenvalue weighted by atomic mass is 10.3. The van der Waals surface area contributed by atoms with Crippen LogP contribution in [0.4, 0.5) is 26.3 Å². The second-order valence-corrected chi connectivity index (χ2v) is 3.05. The van der Waals surface area contributed by atoms with Crippen LogP contribution in [0.3, 0.4) is 0 Å². The molecule has 0 amide bonds. The van der Waals surface area contributed by atoms with Gasteiger partial charge >= 0.3 is 12.4 Å². The van der Waals surface area contributed by atoms with E-state index in [1.165, 1.54) is 0 Å². The summed E-state index contributed by atoms with van der Waals surface area (Å²) in [6.07, 6.45) is -10.8. The zero-order chi connectivity index (χ0) is 11.9. The number of ether oxygens (including phenoxy) is 1. The summed E-state index contributed by atoms with van der Waals surface area (Å²) in [5.74, 6) is 0. The molecule has 0 atom stereocenters. The standard InChI is InChI=1S/C8H12F6O/c9-7(10,11)3-1-5-15-6-2-4-8(12,13)14/h1-6H2. The van der Waals surface area contributed by atoms with E-state index in [-0.39, 0.29) is 26.1 Å². The van der Waals surface area contributed by atoms with Gasteiger partial charge in [0.05, 0.1) is 0 Å².